The molecule has 22 heavy (non-hydrogen) atoms. The van der Waals surface area contributed by atoms with E-state index in [1.807, 2.05) is 6.07 Å². The average molecular weight is 301 g/mol. The monoisotopic (exact) mass is 301 g/mol. The third-order valence-corrected chi connectivity index (χ3v) is 3.31. The molecule has 2 rings (SSSR count). The fourth-order valence-electron chi connectivity index (χ4n) is 1.96. The number of nitrogens with one attached hydrogen (secondary N) is 2. The molecule has 1 heterocycles. The maximum Gasteiger partial charge on any atom is 0.229 e. The summed E-state index contributed by atoms with van der Waals surface area (Å²) in [7, 11) is 0. The Morgan fingerprint density at radius 3 is 2.77 bits per heavy atom. The van der Waals surface area contributed by atoms with Crippen LogP contribution in [0, 0.1) is 5.82 Å². The highest BCUT2D eigenvalue weighted by atomic mass is 19.1. The highest BCUT2D eigenvalue weighted by Crippen LogP contribution is 2.12. The van der Waals surface area contributed by atoms with Crippen molar-refractivity contribution in [1.82, 2.24) is 4.98 Å². The second-order valence-electron chi connectivity index (χ2n) is 5.24. The van der Waals surface area contributed by atoms with E-state index in [0.717, 1.165) is 12.1 Å². The molecule has 0 aliphatic heterocycles. The summed E-state index contributed by atoms with van der Waals surface area (Å²) in [6, 6.07) is 10.00. The molecule has 0 fully saturated rings. The van der Waals surface area contributed by atoms with Crippen molar-refractivity contribution < 1.29 is 9.18 Å². The summed E-state index contributed by atoms with van der Waals surface area (Å²) in [6.07, 6.45) is 2.82. The highest BCUT2D eigenvalue weighted by molar-refractivity contribution is 5.91. The Bertz CT molecular complexity index is 628. The molecule has 4 nitrogen and oxygen atoms in total. The Morgan fingerprint density at radius 1 is 1.32 bits per heavy atom. The third-order valence-electron chi connectivity index (χ3n) is 3.31. The lowest BCUT2D eigenvalue weighted by Crippen LogP contribution is -2.16. The van der Waals surface area contributed by atoms with Crippen LogP contribution in [-0.2, 0) is 11.2 Å². The summed E-state index contributed by atoms with van der Waals surface area (Å²) in [5.41, 5.74) is 1.55. The molecule has 2 aromatic rings. The SMILES string of the molecule is CCC(C)Nc1ccc(NC(=O)Cc2cccc(F)c2)nc1. The van der Waals surface area contributed by atoms with Crippen molar-refractivity contribution in [2.45, 2.75) is 32.7 Å². The molecule has 1 amide bonds. The Labute approximate surface area is 129 Å². The Hall–Kier alpha value is -2.43. The molecular formula is C17H20FN3O. The molecule has 1 unspecified atom stereocenters. The third kappa shape index (κ3) is 4.84. The van der Waals surface area contributed by atoms with Crippen molar-refractivity contribution in [1.29, 1.82) is 0 Å². The molecule has 0 radical (unpaired) electrons. The van der Waals surface area contributed by atoms with Gasteiger partial charge in [-0.15, -0.1) is 0 Å². The van der Waals surface area contributed by atoms with Gasteiger partial charge in [0.1, 0.15) is 11.6 Å². The predicted molar refractivity (Wildman–Crippen MR) is 86.3 cm³/mol. The number of carbonyl (C=O) groups excluding carboxylic acids is 1. The molecule has 0 aliphatic carbocycles. The fourth-order valence-corrected chi connectivity index (χ4v) is 1.96. The van der Waals surface area contributed by atoms with Gasteiger partial charge >= 0.3 is 0 Å². The number of halogens is 1. The largest absolute Gasteiger partial charge is 0.381 e. The number of anilines is 2. The van der Waals surface area contributed by atoms with E-state index in [1.54, 1.807) is 24.4 Å². The Morgan fingerprint density at radius 2 is 2.14 bits per heavy atom. The first kappa shape index (κ1) is 15.9. The van der Waals surface area contributed by atoms with Gasteiger partial charge in [-0.3, -0.25) is 4.79 Å². The molecule has 5 heteroatoms. The van der Waals surface area contributed by atoms with Gasteiger partial charge in [0.25, 0.3) is 0 Å². The van der Waals surface area contributed by atoms with Gasteiger partial charge in [0, 0.05) is 6.04 Å². The molecule has 0 saturated heterocycles. The number of carbonyl (C=O) groups is 1. The zero-order chi connectivity index (χ0) is 15.9. The normalized spacial score (nSPS) is 11.8. The van der Waals surface area contributed by atoms with E-state index in [0.29, 0.717) is 17.4 Å². The molecule has 1 aromatic carbocycles. The molecule has 0 spiro atoms. The molecule has 116 valence electrons. The highest BCUT2D eigenvalue weighted by Gasteiger charge is 2.06. The number of amides is 1. The number of benzene rings is 1. The zero-order valence-electron chi connectivity index (χ0n) is 12.8. The maximum atomic E-state index is 13.1. The van der Waals surface area contributed by atoms with E-state index >= 15 is 0 Å². The minimum absolute atomic E-state index is 0.117. The van der Waals surface area contributed by atoms with Gasteiger partial charge in [-0.25, -0.2) is 9.37 Å². The van der Waals surface area contributed by atoms with E-state index in [2.05, 4.69) is 29.5 Å². The maximum absolute atomic E-state index is 13.1. The van der Waals surface area contributed by atoms with Crippen LogP contribution in [0.5, 0.6) is 0 Å². The summed E-state index contributed by atoms with van der Waals surface area (Å²) in [4.78, 5) is 16.1. The van der Waals surface area contributed by atoms with Crippen molar-refractivity contribution in [3.05, 3.63) is 54.0 Å². The van der Waals surface area contributed by atoms with Crippen LogP contribution in [0.1, 0.15) is 25.8 Å². The van der Waals surface area contributed by atoms with Crippen molar-refractivity contribution in [3.8, 4) is 0 Å². The number of pyridine rings is 1. The molecule has 1 atom stereocenters. The Kier molecular flexibility index (Phi) is 5.47. The van der Waals surface area contributed by atoms with Crippen LogP contribution in [0.15, 0.2) is 42.6 Å². The molecule has 0 aliphatic rings. The van der Waals surface area contributed by atoms with Crippen LogP contribution in [0.3, 0.4) is 0 Å². The van der Waals surface area contributed by atoms with Crippen LogP contribution in [-0.4, -0.2) is 16.9 Å². The zero-order valence-corrected chi connectivity index (χ0v) is 12.8. The minimum atomic E-state index is -0.344. The first-order valence-electron chi connectivity index (χ1n) is 7.33. The average Bonchev–Trinajstić information content (AvgIpc) is 2.49. The first-order chi connectivity index (χ1) is 10.6. The minimum Gasteiger partial charge on any atom is -0.381 e. The van der Waals surface area contributed by atoms with Gasteiger partial charge in [-0.05, 0) is 43.2 Å². The first-order valence-corrected chi connectivity index (χ1v) is 7.33. The number of nitrogens with zero attached hydrogens (tertiary/aromatic N) is 1. The second kappa shape index (κ2) is 7.54. The molecule has 0 saturated carbocycles. The van der Waals surface area contributed by atoms with E-state index in [-0.39, 0.29) is 18.1 Å². The van der Waals surface area contributed by atoms with Crippen LogP contribution in [0.4, 0.5) is 15.9 Å². The van der Waals surface area contributed by atoms with Gasteiger partial charge in [0.2, 0.25) is 5.91 Å². The van der Waals surface area contributed by atoms with E-state index in [9.17, 15) is 9.18 Å². The van der Waals surface area contributed by atoms with E-state index in [4.69, 9.17) is 0 Å². The summed E-state index contributed by atoms with van der Waals surface area (Å²) in [6.45, 7) is 4.20. The predicted octanol–water partition coefficient (Wildman–Crippen LogP) is 3.61. The second-order valence-corrected chi connectivity index (χ2v) is 5.24. The summed E-state index contributed by atoms with van der Waals surface area (Å²) >= 11 is 0. The van der Waals surface area contributed by atoms with Crippen LogP contribution in [0.25, 0.3) is 0 Å². The van der Waals surface area contributed by atoms with Crippen molar-refractivity contribution in [2.24, 2.45) is 0 Å². The number of hydrogen-bond acceptors (Lipinski definition) is 3. The van der Waals surface area contributed by atoms with Crippen molar-refractivity contribution >= 4 is 17.4 Å². The van der Waals surface area contributed by atoms with Crippen LogP contribution in [0.2, 0.25) is 0 Å². The lowest BCUT2D eigenvalue weighted by Gasteiger charge is -2.13. The standard InChI is InChI=1S/C17H20FN3O/c1-3-12(2)20-15-7-8-16(19-11-15)21-17(22)10-13-5-4-6-14(18)9-13/h4-9,11-12,20H,3,10H2,1-2H3,(H,19,21,22). The topological polar surface area (TPSA) is 54.0 Å². The smallest absolute Gasteiger partial charge is 0.229 e. The van der Waals surface area contributed by atoms with Crippen LogP contribution >= 0.6 is 0 Å². The molecule has 0 bridgehead atoms. The summed E-state index contributed by atoms with van der Waals surface area (Å²) in [5, 5.41) is 6.01. The van der Waals surface area contributed by atoms with E-state index < -0.39 is 0 Å². The van der Waals surface area contributed by atoms with Gasteiger partial charge in [0.15, 0.2) is 0 Å². The summed E-state index contributed by atoms with van der Waals surface area (Å²) < 4.78 is 13.1. The fraction of sp³-hybridized carbons (Fsp3) is 0.294. The van der Waals surface area contributed by atoms with E-state index in [1.165, 1.54) is 12.1 Å². The van der Waals surface area contributed by atoms with Gasteiger partial charge < -0.3 is 10.6 Å². The van der Waals surface area contributed by atoms with Gasteiger partial charge in [-0.2, -0.15) is 0 Å². The number of aromatic nitrogens is 1. The quantitative estimate of drug-likeness (QED) is 0.857. The summed E-state index contributed by atoms with van der Waals surface area (Å²) in [5.74, 6) is -0.0827. The molecule has 1 aromatic heterocycles. The van der Waals surface area contributed by atoms with Gasteiger partial charge in [-0.1, -0.05) is 19.1 Å². The van der Waals surface area contributed by atoms with Crippen molar-refractivity contribution in [2.75, 3.05) is 10.6 Å². The van der Waals surface area contributed by atoms with Crippen LogP contribution < -0.4 is 10.6 Å². The number of hydrogen-bond donors (Lipinski definition) is 2. The van der Waals surface area contributed by atoms with Crippen molar-refractivity contribution in [3.63, 3.8) is 0 Å². The van der Waals surface area contributed by atoms with Gasteiger partial charge in [0.05, 0.1) is 18.3 Å². The lowest BCUT2D eigenvalue weighted by molar-refractivity contribution is -0.115. The lowest BCUT2D eigenvalue weighted by atomic mass is 10.1. The molecule has 2 N–H and O–H groups in total. The number of rotatable bonds is 6. The Balaban J connectivity index is 1.91. The molecular weight excluding hydrogens is 281 g/mol.